The molecular weight excluding hydrogens is 326 g/mol. The van der Waals surface area contributed by atoms with Crippen LogP contribution in [0.15, 0.2) is 30.5 Å². The highest BCUT2D eigenvalue weighted by atomic mass is 16.5. The zero-order valence-electron chi connectivity index (χ0n) is 15.1. The molecule has 2 aromatic rings. The third kappa shape index (κ3) is 3.26. The Morgan fingerprint density at radius 3 is 3.04 bits per heavy atom. The molecule has 2 aliphatic heterocycles. The number of aromatic nitrogens is 1. The second-order valence-electron chi connectivity index (χ2n) is 8.18. The van der Waals surface area contributed by atoms with E-state index < -0.39 is 0 Å². The molecule has 5 nitrogen and oxygen atoms in total. The van der Waals surface area contributed by atoms with E-state index in [0.717, 1.165) is 44.0 Å². The number of aromatic amines is 1. The SMILES string of the molecule is O=C(CCc1c[nH]c2ccccc12)N[C@H]1C[C@H]2CO[C@@H](C3CC3)CN2C1. The molecule has 0 radical (unpaired) electrons. The van der Waals surface area contributed by atoms with Crippen LogP contribution in [0.25, 0.3) is 10.9 Å². The number of nitrogens with one attached hydrogen (secondary N) is 2. The lowest BCUT2D eigenvalue weighted by Gasteiger charge is -2.35. The van der Waals surface area contributed by atoms with Crippen LogP contribution in [0.4, 0.5) is 0 Å². The van der Waals surface area contributed by atoms with Crippen molar-refractivity contribution in [3.63, 3.8) is 0 Å². The van der Waals surface area contributed by atoms with Crippen molar-refractivity contribution in [3.05, 3.63) is 36.0 Å². The predicted octanol–water partition coefficient (Wildman–Crippen LogP) is 2.47. The zero-order valence-corrected chi connectivity index (χ0v) is 15.1. The van der Waals surface area contributed by atoms with Gasteiger partial charge < -0.3 is 15.0 Å². The summed E-state index contributed by atoms with van der Waals surface area (Å²) >= 11 is 0. The molecular formula is C21H27N3O2. The normalized spacial score (nSPS) is 29.0. The molecule has 1 aromatic carbocycles. The fourth-order valence-electron chi connectivity index (χ4n) is 4.64. The second kappa shape index (κ2) is 6.71. The first kappa shape index (κ1) is 16.3. The van der Waals surface area contributed by atoms with Crippen LogP contribution in [-0.2, 0) is 16.0 Å². The second-order valence-corrected chi connectivity index (χ2v) is 8.18. The Labute approximate surface area is 154 Å². The van der Waals surface area contributed by atoms with Crippen molar-refractivity contribution in [2.24, 2.45) is 5.92 Å². The first-order valence-corrected chi connectivity index (χ1v) is 9.96. The van der Waals surface area contributed by atoms with Gasteiger partial charge in [0.1, 0.15) is 0 Å². The molecule has 1 amide bonds. The highest BCUT2D eigenvalue weighted by molar-refractivity contribution is 5.84. The fourth-order valence-corrected chi connectivity index (χ4v) is 4.64. The first-order chi connectivity index (χ1) is 12.8. The number of hydrogen-bond donors (Lipinski definition) is 2. The molecule has 0 bridgehead atoms. The molecule has 0 unspecified atom stereocenters. The van der Waals surface area contributed by atoms with Gasteiger partial charge in [-0.05, 0) is 43.2 Å². The number of amides is 1. The van der Waals surface area contributed by atoms with Crippen molar-refractivity contribution in [2.45, 2.75) is 50.3 Å². The third-order valence-corrected chi connectivity index (χ3v) is 6.25. The topological polar surface area (TPSA) is 57.4 Å². The summed E-state index contributed by atoms with van der Waals surface area (Å²) in [6, 6.07) is 9.03. The molecule has 0 spiro atoms. The lowest BCUT2D eigenvalue weighted by molar-refractivity contribution is -0.121. The average Bonchev–Trinajstić information content (AvgIpc) is 3.30. The number of morpholine rings is 1. The molecule has 2 N–H and O–H groups in total. The molecule has 1 saturated carbocycles. The number of rotatable bonds is 5. The number of fused-ring (bicyclic) bond motifs is 2. The molecule has 5 heteroatoms. The summed E-state index contributed by atoms with van der Waals surface area (Å²) in [5.41, 5.74) is 2.36. The van der Waals surface area contributed by atoms with Crippen LogP contribution >= 0.6 is 0 Å². The number of ether oxygens (including phenoxy) is 1. The van der Waals surface area contributed by atoms with E-state index in [0.29, 0.717) is 18.6 Å². The Bertz CT molecular complexity index is 797. The van der Waals surface area contributed by atoms with Gasteiger partial charge in [-0.1, -0.05) is 18.2 Å². The maximum absolute atomic E-state index is 12.4. The summed E-state index contributed by atoms with van der Waals surface area (Å²) in [6.45, 7) is 2.87. The minimum Gasteiger partial charge on any atom is -0.375 e. The van der Waals surface area contributed by atoms with Crippen molar-refractivity contribution in [3.8, 4) is 0 Å². The molecule has 3 aliphatic rings. The van der Waals surface area contributed by atoms with Crippen molar-refractivity contribution in [1.82, 2.24) is 15.2 Å². The molecule has 3 fully saturated rings. The van der Waals surface area contributed by atoms with E-state index in [-0.39, 0.29) is 11.9 Å². The standard InChI is InChI=1S/C21H27N3O2/c25-21(8-7-15-10-22-19-4-2-1-3-18(15)19)23-16-9-17-13-26-20(14-5-6-14)12-24(17)11-16/h1-4,10,14,16-17,20,22H,5-9,11-13H2,(H,23,25)/t16-,17-,20+/m0/s1. The van der Waals surface area contributed by atoms with Gasteiger partial charge in [0.05, 0.1) is 12.7 Å². The predicted molar refractivity (Wildman–Crippen MR) is 101 cm³/mol. The largest absolute Gasteiger partial charge is 0.375 e. The van der Waals surface area contributed by atoms with Crippen LogP contribution in [0.5, 0.6) is 0 Å². The number of benzene rings is 1. The molecule has 2 saturated heterocycles. The van der Waals surface area contributed by atoms with Gasteiger partial charge in [0, 0.05) is 48.7 Å². The van der Waals surface area contributed by atoms with E-state index in [2.05, 4.69) is 27.3 Å². The van der Waals surface area contributed by atoms with E-state index >= 15 is 0 Å². The number of carbonyl (C=O) groups excluding carboxylic acids is 1. The number of hydrogen-bond acceptors (Lipinski definition) is 3. The van der Waals surface area contributed by atoms with Crippen molar-refractivity contribution < 1.29 is 9.53 Å². The van der Waals surface area contributed by atoms with E-state index in [4.69, 9.17) is 4.74 Å². The zero-order chi connectivity index (χ0) is 17.5. The quantitative estimate of drug-likeness (QED) is 0.868. The third-order valence-electron chi connectivity index (χ3n) is 6.25. The first-order valence-electron chi connectivity index (χ1n) is 9.96. The molecule has 3 heterocycles. The Balaban J connectivity index is 1.13. The van der Waals surface area contributed by atoms with Gasteiger partial charge >= 0.3 is 0 Å². The van der Waals surface area contributed by atoms with E-state index in [1.807, 2.05) is 18.3 Å². The summed E-state index contributed by atoms with van der Waals surface area (Å²) in [5.74, 6) is 0.959. The number of para-hydroxylation sites is 1. The lowest BCUT2D eigenvalue weighted by Crippen LogP contribution is -2.47. The average molecular weight is 353 g/mol. The van der Waals surface area contributed by atoms with Gasteiger partial charge in [-0.3, -0.25) is 9.69 Å². The van der Waals surface area contributed by atoms with Crippen LogP contribution in [0, 0.1) is 5.92 Å². The minimum atomic E-state index is 0.166. The fraction of sp³-hybridized carbons (Fsp3) is 0.571. The number of aryl methyl sites for hydroxylation is 1. The Kier molecular flexibility index (Phi) is 4.21. The van der Waals surface area contributed by atoms with E-state index in [1.54, 1.807) is 0 Å². The van der Waals surface area contributed by atoms with Gasteiger partial charge in [-0.15, -0.1) is 0 Å². The summed E-state index contributed by atoms with van der Waals surface area (Å²) in [6.07, 6.45) is 7.48. The van der Waals surface area contributed by atoms with Crippen LogP contribution in [0.2, 0.25) is 0 Å². The van der Waals surface area contributed by atoms with Crippen LogP contribution in [-0.4, -0.2) is 53.7 Å². The smallest absolute Gasteiger partial charge is 0.220 e. The summed E-state index contributed by atoms with van der Waals surface area (Å²) in [7, 11) is 0. The van der Waals surface area contributed by atoms with Gasteiger partial charge in [0.15, 0.2) is 0 Å². The van der Waals surface area contributed by atoms with Crippen LogP contribution in [0.3, 0.4) is 0 Å². The van der Waals surface area contributed by atoms with Gasteiger partial charge in [0.2, 0.25) is 5.91 Å². The maximum atomic E-state index is 12.4. The number of H-pyrrole nitrogens is 1. The Morgan fingerprint density at radius 2 is 2.15 bits per heavy atom. The van der Waals surface area contributed by atoms with Crippen molar-refractivity contribution in [1.29, 1.82) is 0 Å². The highest BCUT2D eigenvalue weighted by Crippen LogP contribution is 2.37. The summed E-state index contributed by atoms with van der Waals surface area (Å²) < 4.78 is 6.05. The molecule has 26 heavy (non-hydrogen) atoms. The van der Waals surface area contributed by atoms with E-state index in [1.165, 1.54) is 23.8 Å². The Morgan fingerprint density at radius 1 is 1.27 bits per heavy atom. The van der Waals surface area contributed by atoms with Crippen molar-refractivity contribution in [2.75, 3.05) is 19.7 Å². The summed E-state index contributed by atoms with van der Waals surface area (Å²) in [5, 5.41) is 4.48. The highest BCUT2D eigenvalue weighted by Gasteiger charge is 2.42. The molecule has 5 rings (SSSR count). The Hall–Kier alpha value is -1.85. The van der Waals surface area contributed by atoms with Crippen molar-refractivity contribution >= 4 is 16.8 Å². The van der Waals surface area contributed by atoms with E-state index in [9.17, 15) is 4.79 Å². The molecule has 138 valence electrons. The monoisotopic (exact) mass is 353 g/mol. The van der Waals surface area contributed by atoms with Gasteiger partial charge in [-0.2, -0.15) is 0 Å². The van der Waals surface area contributed by atoms with Gasteiger partial charge in [-0.25, -0.2) is 0 Å². The van der Waals surface area contributed by atoms with Gasteiger partial charge in [0.25, 0.3) is 0 Å². The molecule has 1 aliphatic carbocycles. The van der Waals surface area contributed by atoms with Crippen LogP contribution < -0.4 is 5.32 Å². The molecule has 1 aromatic heterocycles. The lowest BCUT2D eigenvalue weighted by atomic mass is 10.1. The number of nitrogens with zero attached hydrogens (tertiary/aromatic N) is 1. The van der Waals surface area contributed by atoms with Crippen LogP contribution in [0.1, 0.15) is 31.2 Å². The maximum Gasteiger partial charge on any atom is 0.220 e. The summed E-state index contributed by atoms with van der Waals surface area (Å²) in [4.78, 5) is 18.3. The molecule has 3 atom stereocenters. The number of carbonyl (C=O) groups is 1. The minimum absolute atomic E-state index is 0.166.